The largest absolute Gasteiger partial charge is 0.392 e. The van der Waals surface area contributed by atoms with E-state index in [-0.39, 0.29) is 0 Å². The van der Waals surface area contributed by atoms with Gasteiger partial charge in [-0.15, -0.1) is 0 Å². The summed E-state index contributed by atoms with van der Waals surface area (Å²) in [5, 5.41) is 0. The van der Waals surface area contributed by atoms with Gasteiger partial charge in [0.25, 0.3) is 0 Å². The average molecular weight is 255 g/mol. The lowest BCUT2D eigenvalue weighted by molar-refractivity contribution is 0.0866. The second kappa shape index (κ2) is 7.55. The molecule has 17 heavy (non-hydrogen) atoms. The molecular formula is C12H21NO3Si. The third-order valence-electron chi connectivity index (χ3n) is 2.19. The van der Waals surface area contributed by atoms with Crippen molar-refractivity contribution in [3.05, 3.63) is 30.1 Å². The van der Waals surface area contributed by atoms with E-state index in [4.69, 9.17) is 13.6 Å². The summed E-state index contributed by atoms with van der Waals surface area (Å²) >= 11 is 0. The quantitative estimate of drug-likeness (QED) is 0.528. The van der Waals surface area contributed by atoms with Crippen molar-refractivity contribution in [3.8, 4) is 0 Å². The molecular weight excluding hydrogens is 234 g/mol. The smallest absolute Gasteiger partial charge is 0.332 e. The summed E-state index contributed by atoms with van der Waals surface area (Å²) in [6.07, 6.45) is 3.56. The number of pyridine rings is 1. The molecule has 1 aromatic rings. The molecule has 0 atom stereocenters. The highest BCUT2D eigenvalue weighted by molar-refractivity contribution is 6.64. The van der Waals surface area contributed by atoms with Crippen LogP contribution in [-0.4, -0.2) is 33.4 Å². The first-order valence-electron chi connectivity index (χ1n) is 5.88. The van der Waals surface area contributed by atoms with Gasteiger partial charge in [-0.3, -0.25) is 4.98 Å². The van der Waals surface area contributed by atoms with E-state index in [2.05, 4.69) is 4.98 Å². The van der Waals surface area contributed by atoms with E-state index in [0.29, 0.717) is 19.8 Å². The number of hydrogen-bond donors (Lipinski definition) is 0. The van der Waals surface area contributed by atoms with Crippen LogP contribution in [0.15, 0.2) is 24.5 Å². The van der Waals surface area contributed by atoms with Crippen LogP contribution in [-0.2, 0) is 20.2 Å². The number of hydrogen-bond acceptors (Lipinski definition) is 4. The van der Waals surface area contributed by atoms with E-state index in [0.717, 1.165) is 12.2 Å². The highest BCUT2D eigenvalue weighted by Crippen LogP contribution is 2.10. The van der Waals surface area contributed by atoms with Crippen LogP contribution < -0.4 is 0 Å². The summed E-state index contributed by atoms with van der Waals surface area (Å²) in [5.41, 5.74) is 1.07. The normalized spacial score (nSPS) is 11.7. The summed E-state index contributed by atoms with van der Waals surface area (Å²) in [6, 6.07) is 3.90. The van der Waals surface area contributed by atoms with Crippen LogP contribution in [0, 0.1) is 0 Å². The number of ether oxygens (including phenoxy) is 1. The lowest BCUT2D eigenvalue weighted by Crippen LogP contribution is -2.35. The maximum Gasteiger partial charge on any atom is 0.332 e. The van der Waals surface area contributed by atoms with Crippen LogP contribution >= 0.6 is 0 Å². The fourth-order valence-electron chi connectivity index (χ4n) is 1.27. The molecule has 0 N–H and O–H groups in total. The van der Waals surface area contributed by atoms with Gasteiger partial charge in [0.05, 0.1) is 19.8 Å². The molecule has 0 radical (unpaired) electrons. The van der Waals surface area contributed by atoms with Crippen molar-refractivity contribution in [2.75, 3.05) is 19.8 Å². The number of aromatic nitrogens is 1. The Bertz CT molecular complexity index is 306. The van der Waals surface area contributed by atoms with Crippen molar-refractivity contribution in [1.82, 2.24) is 4.98 Å². The number of nitrogens with zero attached hydrogens (tertiary/aromatic N) is 1. The van der Waals surface area contributed by atoms with Gasteiger partial charge in [0, 0.05) is 19.0 Å². The van der Waals surface area contributed by atoms with Gasteiger partial charge in [-0.05, 0) is 31.6 Å². The molecule has 0 spiro atoms. The lowest BCUT2D eigenvalue weighted by atomic mass is 10.3. The Hall–Kier alpha value is -0.753. The molecule has 0 bridgehead atoms. The van der Waals surface area contributed by atoms with E-state index < -0.39 is 8.56 Å². The Labute approximate surface area is 104 Å². The maximum atomic E-state index is 5.82. The summed E-state index contributed by atoms with van der Waals surface area (Å²) in [6.45, 7) is 8.55. The summed E-state index contributed by atoms with van der Waals surface area (Å²) < 4.78 is 16.8. The summed E-state index contributed by atoms with van der Waals surface area (Å²) in [4.78, 5) is 4.05. The van der Waals surface area contributed by atoms with E-state index in [1.165, 1.54) is 0 Å². The first-order valence-corrected chi connectivity index (χ1v) is 8.70. The highest BCUT2D eigenvalue weighted by atomic mass is 28.4. The van der Waals surface area contributed by atoms with E-state index in [1.807, 2.05) is 38.3 Å². The van der Waals surface area contributed by atoms with Crippen LogP contribution in [0.3, 0.4) is 0 Å². The Morgan fingerprint density at radius 3 is 2.71 bits per heavy atom. The monoisotopic (exact) mass is 255 g/mol. The third-order valence-corrected chi connectivity index (χ3v) is 3.93. The molecule has 0 saturated carbocycles. The van der Waals surface area contributed by atoms with Crippen LogP contribution in [0.2, 0.25) is 13.1 Å². The van der Waals surface area contributed by atoms with Gasteiger partial charge in [0.1, 0.15) is 0 Å². The molecule has 0 amide bonds. The van der Waals surface area contributed by atoms with Crippen molar-refractivity contribution in [2.24, 2.45) is 0 Å². The van der Waals surface area contributed by atoms with Gasteiger partial charge >= 0.3 is 8.56 Å². The van der Waals surface area contributed by atoms with E-state index >= 15 is 0 Å². The molecule has 0 fully saturated rings. The molecule has 0 aliphatic carbocycles. The second-order valence-corrected chi connectivity index (χ2v) is 7.47. The van der Waals surface area contributed by atoms with E-state index in [9.17, 15) is 0 Å². The Balaban J connectivity index is 2.24. The van der Waals surface area contributed by atoms with Crippen molar-refractivity contribution < 1.29 is 13.6 Å². The first kappa shape index (κ1) is 14.3. The Morgan fingerprint density at radius 1 is 1.24 bits per heavy atom. The van der Waals surface area contributed by atoms with Crippen molar-refractivity contribution in [1.29, 1.82) is 0 Å². The minimum atomic E-state index is -2.04. The molecule has 0 aromatic carbocycles. The molecule has 0 unspecified atom stereocenters. The molecule has 1 rings (SSSR count). The van der Waals surface area contributed by atoms with E-state index in [1.54, 1.807) is 6.20 Å². The predicted octanol–water partition coefficient (Wildman–Crippen LogP) is 2.35. The zero-order chi connectivity index (χ0) is 12.6. The van der Waals surface area contributed by atoms with Gasteiger partial charge in [-0.25, -0.2) is 0 Å². The molecule has 0 saturated heterocycles. The summed E-state index contributed by atoms with van der Waals surface area (Å²) in [7, 11) is -2.04. The molecule has 5 heteroatoms. The zero-order valence-electron chi connectivity index (χ0n) is 10.8. The molecule has 1 aromatic heterocycles. The topological polar surface area (TPSA) is 40.6 Å². The van der Waals surface area contributed by atoms with Gasteiger partial charge in [0.2, 0.25) is 0 Å². The molecule has 0 aliphatic rings. The lowest BCUT2D eigenvalue weighted by Gasteiger charge is -2.22. The second-order valence-electron chi connectivity index (χ2n) is 4.10. The zero-order valence-corrected chi connectivity index (χ0v) is 11.8. The standard InChI is InChI=1S/C12H21NO3Si/c1-4-14-8-9-15-17(2,3)16-11-12-6-5-7-13-10-12/h5-7,10H,4,8-9,11H2,1-3H3. The van der Waals surface area contributed by atoms with Gasteiger partial charge in [-0.1, -0.05) is 6.07 Å². The van der Waals surface area contributed by atoms with Crippen molar-refractivity contribution in [2.45, 2.75) is 26.6 Å². The van der Waals surface area contributed by atoms with Gasteiger partial charge < -0.3 is 13.6 Å². The summed E-state index contributed by atoms with van der Waals surface area (Å²) in [5.74, 6) is 0. The fraction of sp³-hybridized carbons (Fsp3) is 0.583. The SMILES string of the molecule is CCOCCO[Si](C)(C)OCc1cccnc1. The number of rotatable bonds is 8. The molecule has 96 valence electrons. The van der Waals surface area contributed by atoms with Crippen LogP contribution in [0.1, 0.15) is 12.5 Å². The van der Waals surface area contributed by atoms with Crippen molar-refractivity contribution in [3.63, 3.8) is 0 Å². The highest BCUT2D eigenvalue weighted by Gasteiger charge is 2.24. The van der Waals surface area contributed by atoms with Gasteiger partial charge in [0.15, 0.2) is 0 Å². The minimum absolute atomic E-state index is 0.557. The molecule has 4 nitrogen and oxygen atoms in total. The fourth-order valence-corrected chi connectivity index (χ4v) is 2.45. The predicted molar refractivity (Wildman–Crippen MR) is 69.0 cm³/mol. The average Bonchev–Trinajstić information content (AvgIpc) is 2.34. The van der Waals surface area contributed by atoms with Crippen molar-refractivity contribution >= 4 is 8.56 Å². The Morgan fingerprint density at radius 2 is 2.06 bits per heavy atom. The van der Waals surface area contributed by atoms with Crippen LogP contribution in [0.5, 0.6) is 0 Å². The van der Waals surface area contributed by atoms with Crippen LogP contribution in [0.25, 0.3) is 0 Å². The molecule has 0 aliphatic heterocycles. The minimum Gasteiger partial charge on any atom is -0.392 e. The molecule has 1 heterocycles. The maximum absolute atomic E-state index is 5.82. The van der Waals surface area contributed by atoms with Gasteiger partial charge in [-0.2, -0.15) is 0 Å². The Kier molecular flexibility index (Phi) is 6.35. The van der Waals surface area contributed by atoms with Crippen LogP contribution in [0.4, 0.5) is 0 Å². The first-order chi connectivity index (χ1) is 8.14. The third kappa shape index (κ3) is 6.53.